The lowest BCUT2D eigenvalue weighted by molar-refractivity contribution is 0.0944. The van der Waals surface area contributed by atoms with Crippen molar-refractivity contribution in [2.24, 2.45) is 11.1 Å². The second kappa shape index (κ2) is 5.45. The molecule has 1 heterocycles. The number of sulfonamides is 1. The van der Waals surface area contributed by atoms with E-state index in [9.17, 15) is 8.42 Å². The maximum atomic E-state index is 11.4. The van der Waals surface area contributed by atoms with Crippen LogP contribution in [0.1, 0.15) is 25.7 Å². The van der Waals surface area contributed by atoms with E-state index in [1.807, 2.05) is 0 Å². The van der Waals surface area contributed by atoms with Crippen LogP contribution >= 0.6 is 0 Å². The van der Waals surface area contributed by atoms with Gasteiger partial charge in [-0.15, -0.1) is 0 Å². The predicted molar refractivity (Wildman–Crippen MR) is 72.8 cm³/mol. The normalized spacial score (nSPS) is 25.9. The smallest absolute Gasteiger partial charge is 0.211 e. The fourth-order valence-electron chi connectivity index (χ4n) is 2.91. The average Bonchev–Trinajstić information content (AvgIpc) is 2.28. The molecule has 0 aromatic rings. The molecule has 18 heavy (non-hydrogen) atoms. The molecule has 1 aliphatic carbocycles. The molecule has 0 amide bonds. The van der Waals surface area contributed by atoms with E-state index >= 15 is 0 Å². The Balaban J connectivity index is 1.74. The molecule has 2 rings (SSSR count). The highest BCUT2D eigenvalue weighted by molar-refractivity contribution is 7.88. The van der Waals surface area contributed by atoms with Gasteiger partial charge in [-0.25, -0.2) is 8.42 Å². The first-order chi connectivity index (χ1) is 8.45. The molecule has 0 aromatic heterocycles. The number of nitrogens with two attached hydrogens (primary N) is 1. The van der Waals surface area contributed by atoms with E-state index in [0.717, 1.165) is 26.2 Å². The van der Waals surface area contributed by atoms with E-state index in [2.05, 4.69) is 4.90 Å². The van der Waals surface area contributed by atoms with Crippen LogP contribution in [0.25, 0.3) is 0 Å². The number of rotatable bonds is 5. The van der Waals surface area contributed by atoms with Crippen LogP contribution in [-0.4, -0.2) is 63.1 Å². The fraction of sp³-hybridized carbons (Fsp3) is 1.00. The third-order valence-corrected chi connectivity index (χ3v) is 5.91. The van der Waals surface area contributed by atoms with E-state index in [-0.39, 0.29) is 0 Å². The summed E-state index contributed by atoms with van der Waals surface area (Å²) >= 11 is 0. The van der Waals surface area contributed by atoms with Crippen LogP contribution < -0.4 is 5.73 Å². The van der Waals surface area contributed by atoms with E-state index in [1.54, 1.807) is 4.31 Å². The zero-order chi connectivity index (χ0) is 13.2. The molecule has 1 saturated heterocycles. The van der Waals surface area contributed by atoms with Gasteiger partial charge in [-0.2, -0.15) is 4.31 Å². The highest BCUT2D eigenvalue weighted by Gasteiger charge is 2.35. The summed E-state index contributed by atoms with van der Waals surface area (Å²) in [6.45, 7) is 4.84. The summed E-state index contributed by atoms with van der Waals surface area (Å²) in [4.78, 5) is 2.37. The van der Waals surface area contributed by atoms with Gasteiger partial charge in [0.25, 0.3) is 0 Å². The molecule has 1 saturated carbocycles. The summed E-state index contributed by atoms with van der Waals surface area (Å²) in [7, 11) is -3.00. The number of hydrogen-bond donors (Lipinski definition) is 1. The first kappa shape index (κ1) is 14.2. The average molecular weight is 275 g/mol. The van der Waals surface area contributed by atoms with E-state index in [4.69, 9.17) is 5.73 Å². The Hall–Kier alpha value is -0.170. The molecule has 106 valence electrons. The van der Waals surface area contributed by atoms with Crippen LogP contribution in [0.2, 0.25) is 0 Å². The molecule has 2 aliphatic rings. The maximum Gasteiger partial charge on any atom is 0.211 e. The molecule has 0 aromatic carbocycles. The van der Waals surface area contributed by atoms with Crippen LogP contribution in [-0.2, 0) is 10.0 Å². The zero-order valence-electron chi connectivity index (χ0n) is 11.3. The Morgan fingerprint density at radius 1 is 1.17 bits per heavy atom. The lowest BCUT2D eigenvalue weighted by Gasteiger charge is -2.43. The summed E-state index contributed by atoms with van der Waals surface area (Å²) in [5.41, 5.74) is 6.25. The zero-order valence-corrected chi connectivity index (χ0v) is 12.1. The molecule has 2 fully saturated rings. The second-order valence-corrected chi connectivity index (χ2v) is 7.79. The fourth-order valence-corrected chi connectivity index (χ4v) is 3.74. The molecular formula is C12H25N3O2S. The second-order valence-electron chi connectivity index (χ2n) is 5.81. The minimum absolute atomic E-state index is 0.397. The minimum Gasteiger partial charge on any atom is -0.330 e. The summed E-state index contributed by atoms with van der Waals surface area (Å²) in [5, 5.41) is 0. The number of nitrogens with zero attached hydrogens (tertiary/aromatic N) is 2. The molecule has 6 heteroatoms. The van der Waals surface area contributed by atoms with Crippen molar-refractivity contribution in [3.05, 3.63) is 0 Å². The minimum atomic E-state index is -3.00. The summed E-state index contributed by atoms with van der Waals surface area (Å²) in [6.07, 6.45) is 6.32. The molecule has 2 N–H and O–H groups in total. The number of hydrogen-bond acceptors (Lipinski definition) is 4. The van der Waals surface area contributed by atoms with Crippen molar-refractivity contribution in [3.63, 3.8) is 0 Å². The Morgan fingerprint density at radius 3 is 2.17 bits per heavy atom. The molecule has 1 aliphatic heterocycles. The number of piperazine rings is 1. The van der Waals surface area contributed by atoms with Crippen molar-refractivity contribution in [1.29, 1.82) is 0 Å². The maximum absolute atomic E-state index is 11.4. The molecule has 0 radical (unpaired) electrons. The van der Waals surface area contributed by atoms with Gasteiger partial charge in [0.15, 0.2) is 0 Å². The molecule has 0 spiro atoms. The van der Waals surface area contributed by atoms with Crippen LogP contribution in [0.4, 0.5) is 0 Å². The molecule has 0 atom stereocenters. The van der Waals surface area contributed by atoms with E-state index < -0.39 is 10.0 Å². The van der Waals surface area contributed by atoms with E-state index in [1.165, 1.54) is 31.9 Å². The van der Waals surface area contributed by atoms with Gasteiger partial charge in [-0.3, -0.25) is 0 Å². The molecule has 5 nitrogen and oxygen atoms in total. The summed E-state index contributed by atoms with van der Waals surface area (Å²) < 4.78 is 24.4. The first-order valence-electron chi connectivity index (χ1n) is 6.83. The monoisotopic (exact) mass is 275 g/mol. The van der Waals surface area contributed by atoms with Gasteiger partial charge >= 0.3 is 0 Å². The van der Waals surface area contributed by atoms with Crippen molar-refractivity contribution in [1.82, 2.24) is 9.21 Å². The molecular weight excluding hydrogens is 250 g/mol. The summed E-state index contributed by atoms with van der Waals surface area (Å²) in [6, 6.07) is 0. The van der Waals surface area contributed by atoms with Gasteiger partial charge in [0.2, 0.25) is 10.0 Å². The van der Waals surface area contributed by atoms with Crippen molar-refractivity contribution in [2.75, 3.05) is 45.5 Å². The van der Waals surface area contributed by atoms with Gasteiger partial charge in [0.1, 0.15) is 0 Å². The van der Waals surface area contributed by atoms with Crippen LogP contribution in [0, 0.1) is 5.41 Å². The lowest BCUT2D eigenvalue weighted by Crippen LogP contribution is -2.49. The third kappa shape index (κ3) is 3.23. The molecule has 0 unspecified atom stereocenters. The van der Waals surface area contributed by atoms with Crippen molar-refractivity contribution in [3.8, 4) is 0 Å². The van der Waals surface area contributed by atoms with Gasteiger partial charge in [0, 0.05) is 26.2 Å². The van der Waals surface area contributed by atoms with Gasteiger partial charge in [-0.1, -0.05) is 6.42 Å². The predicted octanol–water partition coefficient (Wildman–Crippen LogP) is 0.0827. The molecule has 0 bridgehead atoms. The highest BCUT2D eigenvalue weighted by atomic mass is 32.2. The largest absolute Gasteiger partial charge is 0.330 e. The Kier molecular flexibility index (Phi) is 4.31. The lowest BCUT2D eigenvalue weighted by atomic mass is 9.66. The van der Waals surface area contributed by atoms with Crippen LogP contribution in [0.3, 0.4) is 0 Å². The Morgan fingerprint density at radius 2 is 1.78 bits per heavy atom. The van der Waals surface area contributed by atoms with Crippen LogP contribution in [0.15, 0.2) is 0 Å². The van der Waals surface area contributed by atoms with Crippen LogP contribution in [0.5, 0.6) is 0 Å². The Bertz CT molecular complexity index is 365. The van der Waals surface area contributed by atoms with Crippen molar-refractivity contribution >= 4 is 10.0 Å². The van der Waals surface area contributed by atoms with Gasteiger partial charge < -0.3 is 10.6 Å². The summed E-state index contributed by atoms with van der Waals surface area (Å²) in [5.74, 6) is 0. The standard InChI is InChI=1S/C12H25N3O2S/c1-18(16,17)15-9-7-14(8-10-15)6-5-12(11-13)3-2-4-12/h2-11,13H2,1H3. The highest BCUT2D eigenvalue weighted by Crippen LogP contribution is 2.42. The Labute approximate surface area is 110 Å². The quantitative estimate of drug-likeness (QED) is 0.772. The third-order valence-electron chi connectivity index (χ3n) is 4.61. The van der Waals surface area contributed by atoms with Gasteiger partial charge in [-0.05, 0) is 37.8 Å². The SMILES string of the molecule is CS(=O)(=O)N1CCN(CCC2(CN)CCC2)CC1. The van der Waals surface area contributed by atoms with E-state index in [0.29, 0.717) is 18.5 Å². The topological polar surface area (TPSA) is 66.6 Å². The first-order valence-corrected chi connectivity index (χ1v) is 8.68. The van der Waals surface area contributed by atoms with Crippen molar-refractivity contribution in [2.45, 2.75) is 25.7 Å². The van der Waals surface area contributed by atoms with Crippen molar-refractivity contribution < 1.29 is 8.42 Å². The van der Waals surface area contributed by atoms with Gasteiger partial charge in [0.05, 0.1) is 6.26 Å².